The monoisotopic (exact) mass is 440 g/mol. The predicted octanol–water partition coefficient (Wildman–Crippen LogP) is 6.84. The molecule has 30 heavy (non-hydrogen) atoms. The third kappa shape index (κ3) is 4.42. The number of fused-ring (bicyclic) bond motifs is 1. The Labute approximate surface area is 183 Å². The number of carbonyl (C=O) groups excluding carboxylic acids is 1. The highest BCUT2D eigenvalue weighted by Gasteiger charge is 2.14. The SMILES string of the molecule is CCCOc1cccc(C(=O)Nc2cccc(-c3nc4cc(Cl)cc(Cl)c4o3)c2)c1. The van der Waals surface area contributed by atoms with Crippen LogP contribution < -0.4 is 10.1 Å². The molecule has 0 unspecified atom stereocenters. The minimum atomic E-state index is -0.235. The van der Waals surface area contributed by atoms with Crippen molar-refractivity contribution in [3.63, 3.8) is 0 Å². The van der Waals surface area contributed by atoms with Crippen LogP contribution in [-0.2, 0) is 0 Å². The predicted molar refractivity (Wildman–Crippen MR) is 120 cm³/mol. The van der Waals surface area contributed by atoms with Crippen LogP contribution in [0, 0.1) is 0 Å². The molecule has 3 aromatic carbocycles. The number of nitrogens with one attached hydrogen (secondary N) is 1. The Morgan fingerprint density at radius 1 is 1.10 bits per heavy atom. The van der Waals surface area contributed by atoms with Gasteiger partial charge in [0.05, 0.1) is 11.6 Å². The highest BCUT2D eigenvalue weighted by atomic mass is 35.5. The molecular formula is C23H18Cl2N2O3. The number of carbonyl (C=O) groups is 1. The maximum atomic E-state index is 12.7. The van der Waals surface area contributed by atoms with Gasteiger partial charge >= 0.3 is 0 Å². The van der Waals surface area contributed by atoms with Gasteiger partial charge in [-0.15, -0.1) is 0 Å². The highest BCUT2D eigenvalue weighted by molar-refractivity contribution is 6.38. The van der Waals surface area contributed by atoms with Crippen LogP contribution in [0.2, 0.25) is 10.0 Å². The molecule has 1 N–H and O–H groups in total. The Bertz CT molecular complexity index is 1220. The Balaban J connectivity index is 1.57. The van der Waals surface area contributed by atoms with E-state index in [9.17, 15) is 4.79 Å². The summed E-state index contributed by atoms with van der Waals surface area (Å²) in [6, 6.07) is 17.6. The molecule has 152 valence electrons. The van der Waals surface area contributed by atoms with Crippen molar-refractivity contribution in [3.8, 4) is 17.2 Å². The zero-order valence-corrected chi connectivity index (χ0v) is 17.6. The zero-order chi connectivity index (χ0) is 21.1. The Kier molecular flexibility index (Phi) is 5.93. The Morgan fingerprint density at radius 3 is 2.77 bits per heavy atom. The average Bonchev–Trinajstić information content (AvgIpc) is 3.17. The summed E-state index contributed by atoms with van der Waals surface area (Å²) in [5.41, 5.74) is 2.87. The van der Waals surface area contributed by atoms with Crippen molar-refractivity contribution in [1.29, 1.82) is 0 Å². The number of nitrogens with zero attached hydrogens (tertiary/aromatic N) is 1. The molecule has 0 fully saturated rings. The molecule has 4 rings (SSSR count). The van der Waals surface area contributed by atoms with E-state index in [4.69, 9.17) is 32.4 Å². The van der Waals surface area contributed by atoms with Gasteiger partial charge in [-0.1, -0.05) is 42.3 Å². The van der Waals surface area contributed by atoms with Crippen LogP contribution in [0.25, 0.3) is 22.6 Å². The summed E-state index contributed by atoms with van der Waals surface area (Å²) in [5, 5.41) is 3.77. The second-order valence-electron chi connectivity index (χ2n) is 6.67. The number of hydrogen-bond acceptors (Lipinski definition) is 4. The van der Waals surface area contributed by atoms with Crippen molar-refractivity contribution in [1.82, 2.24) is 4.98 Å². The largest absolute Gasteiger partial charge is 0.494 e. The van der Waals surface area contributed by atoms with Crippen molar-refractivity contribution in [2.45, 2.75) is 13.3 Å². The fourth-order valence-electron chi connectivity index (χ4n) is 2.96. The van der Waals surface area contributed by atoms with Gasteiger partial charge in [-0.25, -0.2) is 4.98 Å². The smallest absolute Gasteiger partial charge is 0.255 e. The molecule has 7 heteroatoms. The molecule has 0 aliphatic rings. The van der Waals surface area contributed by atoms with Crippen LogP contribution in [-0.4, -0.2) is 17.5 Å². The summed E-state index contributed by atoms with van der Waals surface area (Å²) >= 11 is 12.2. The molecule has 5 nitrogen and oxygen atoms in total. The van der Waals surface area contributed by atoms with Gasteiger partial charge in [-0.05, 0) is 55.0 Å². The van der Waals surface area contributed by atoms with E-state index in [2.05, 4.69) is 10.3 Å². The van der Waals surface area contributed by atoms with Gasteiger partial charge in [0.25, 0.3) is 5.91 Å². The second-order valence-corrected chi connectivity index (χ2v) is 7.51. The van der Waals surface area contributed by atoms with E-state index in [-0.39, 0.29) is 5.91 Å². The zero-order valence-electron chi connectivity index (χ0n) is 16.1. The summed E-state index contributed by atoms with van der Waals surface area (Å²) in [7, 11) is 0. The maximum absolute atomic E-state index is 12.7. The van der Waals surface area contributed by atoms with Gasteiger partial charge in [-0.2, -0.15) is 0 Å². The van der Waals surface area contributed by atoms with Gasteiger partial charge < -0.3 is 14.5 Å². The fraction of sp³-hybridized carbons (Fsp3) is 0.130. The number of oxazole rings is 1. The first-order valence-electron chi connectivity index (χ1n) is 9.43. The number of rotatable bonds is 6. The molecule has 0 spiro atoms. The maximum Gasteiger partial charge on any atom is 0.255 e. The van der Waals surface area contributed by atoms with E-state index in [0.29, 0.717) is 56.2 Å². The van der Waals surface area contributed by atoms with Crippen LogP contribution in [0.15, 0.2) is 65.1 Å². The molecule has 1 aromatic heterocycles. The van der Waals surface area contributed by atoms with Crippen LogP contribution in [0.3, 0.4) is 0 Å². The molecule has 0 bridgehead atoms. The lowest BCUT2D eigenvalue weighted by Crippen LogP contribution is -2.12. The number of aromatic nitrogens is 1. The van der Waals surface area contributed by atoms with Gasteiger partial charge in [0.2, 0.25) is 5.89 Å². The number of hydrogen-bond donors (Lipinski definition) is 1. The van der Waals surface area contributed by atoms with Crippen LogP contribution >= 0.6 is 23.2 Å². The molecule has 0 saturated carbocycles. The first-order chi connectivity index (χ1) is 14.5. The molecular weight excluding hydrogens is 423 g/mol. The standard InChI is InChI=1S/C23H18Cl2N2O3/c1-2-9-29-18-8-4-5-14(11-18)22(28)26-17-7-3-6-15(10-17)23-27-20-13-16(24)12-19(25)21(20)30-23/h3-8,10-13H,2,9H2,1H3,(H,26,28). The molecule has 1 heterocycles. The van der Waals surface area contributed by atoms with Crippen molar-refractivity contribution in [2.24, 2.45) is 0 Å². The average molecular weight is 441 g/mol. The van der Waals surface area contributed by atoms with Crippen molar-refractivity contribution in [3.05, 3.63) is 76.3 Å². The van der Waals surface area contributed by atoms with Crippen LogP contribution in [0.1, 0.15) is 23.7 Å². The number of anilines is 1. The van der Waals surface area contributed by atoms with Crippen molar-refractivity contribution < 1.29 is 13.9 Å². The first kappa shape index (κ1) is 20.3. The minimum absolute atomic E-state index is 0.235. The van der Waals surface area contributed by atoms with Crippen molar-refractivity contribution in [2.75, 3.05) is 11.9 Å². The summed E-state index contributed by atoms with van der Waals surface area (Å²) < 4.78 is 11.4. The molecule has 1 amide bonds. The van der Waals surface area contributed by atoms with E-state index >= 15 is 0 Å². The lowest BCUT2D eigenvalue weighted by atomic mass is 10.1. The highest BCUT2D eigenvalue weighted by Crippen LogP contribution is 2.32. The van der Waals surface area contributed by atoms with Gasteiger partial charge in [-0.3, -0.25) is 4.79 Å². The lowest BCUT2D eigenvalue weighted by molar-refractivity contribution is 0.102. The third-order valence-electron chi connectivity index (χ3n) is 4.35. The van der Waals surface area contributed by atoms with E-state index in [1.807, 2.05) is 25.1 Å². The number of amides is 1. The van der Waals surface area contributed by atoms with Gasteiger partial charge in [0, 0.05) is 21.8 Å². The van der Waals surface area contributed by atoms with Crippen LogP contribution in [0.5, 0.6) is 5.75 Å². The van der Waals surface area contributed by atoms with E-state index < -0.39 is 0 Å². The topological polar surface area (TPSA) is 64.4 Å². The van der Waals surface area contributed by atoms with E-state index in [0.717, 1.165) is 6.42 Å². The summed E-state index contributed by atoms with van der Waals surface area (Å²) in [4.78, 5) is 17.1. The molecule has 0 radical (unpaired) electrons. The Morgan fingerprint density at radius 2 is 1.93 bits per heavy atom. The molecule has 0 atom stereocenters. The first-order valence-corrected chi connectivity index (χ1v) is 10.2. The normalized spacial score (nSPS) is 10.9. The quantitative estimate of drug-likeness (QED) is 0.356. The Hall–Kier alpha value is -3.02. The fourth-order valence-corrected chi connectivity index (χ4v) is 3.48. The van der Waals surface area contributed by atoms with E-state index in [1.54, 1.807) is 42.5 Å². The van der Waals surface area contributed by atoms with Gasteiger partial charge in [0.1, 0.15) is 11.3 Å². The van der Waals surface area contributed by atoms with Crippen molar-refractivity contribution >= 4 is 45.9 Å². The summed E-state index contributed by atoms with van der Waals surface area (Å²) in [5.74, 6) is 0.821. The molecule has 4 aromatic rings. The van der Waals surface area contributed by atoms with Gasteiger partial charge in [0.15, 0.2) is 5.58 Å². The second kappa shape index (κ2) is 8.78. The van der Waals surface area contributed by atoms with E-state index in [1.165, 1.54) is 0 Å². The number of halogens is 2. The third-order valence-corrected chi connectivity index (χ3v) is 4.84. The van der Waals surface area contributed by atoms with Crippen LogP contribution in [0.4, 0.5) is 5.69 Å². The molecule has 0 aliphatic carbocycles. The number of ether oxygens (including phenoxy) is 1. The number of benzene rings is 3. The summed E-state index contributed by atoms with van der Waals surface area (Å²) in [6.07, 6.45) is 0.899. The minimum Gasteiger partial charge on any atom is -0.494 e. The summed E-state index contributed by atoms with van der Waals surface area (Å²) in [6.45, 7) is 2.63. The molecule has 0 aliphatic heterocycles. The lowest BCUT2D eigenvalue weighted by Gasteiger charge is -2.09. The molecule has 0 saturated heterocycles.